The molecule has 0 aliphatic carbocycles. The first-order valence-corrected chi connectivity index (χ1v) is 12.7. The summed E-state index contributed by atoms with van der Waals surface area (Å²) in [5.41, 5.74) is 1.05. The molecule has 0 bridgehead atoms. The van der Waals surface area contributed by atoms with Gasteiger partial charge in [0.15, 0.2) is 0 Å². The van der Waals surface area contributed by atoms with Crippen LogP contribution in [0.15, 0.2) is 42.9 Å². The number of aromatic nitrogens is 2. The fourth-order valence-corrected chi connectivity index (χ4v) is 3.62. The van der Waals surface area contributed by atoms with Gasteiger partial charge in [-0.15, -0.1) is 0 Å². The molecule has 3 heterocycles. The van der Waals surface area contributed by atoms with Gasteiger partial charge in [-0.2, -0.15) is 0 Å². The van der Waals surface area contributed by atoms with Gasteiger partial charge in [0.05, 0.1) is 24.5 Å². The van der Waals surface area contributed by atoms with Gasteiger partial charge in [-0.25, -0.2) is 4.79 Å². The van der Waals surface area contributed by atoms with E-state index in [9.17, 15) is 14.7 Å². The molecule has 229 valence electrons. The van der Waals surface area contributed by atoms with Gasteiger partial charge in [0.2, 0.25) is 0 Å². The van der Waals surface area contributed by atoms with Crippen molar-refractivity contribution >= 4 is 12.1 Å². The van der Waals surface area contributed by atoms with Crippen molar-refractivity contribution in [1.82, 2.24) is 19.8 Å². The minimum atomic E-state index is -0.865. The zero-order valence-electron chi connectivity index (χ0n) is 24.2. The number of likely N-dealkylation sites (tertiary alicyclic amines) is 1. The third kappa shape index (κ3) is 17.7. The zero-order valence-corrected chi connectivity index (χ0v) is 26.1. The van der Waals surface area contributed by atoms with Gasteiger partial charge in [-0.05, 0) is 51.8 Å². The van der Waals surface area contributed by atoms with Gasteiger partial charge in [-0.3, -0.25) is 19.7 Å². The SMILES string of the molecule is CC(C)(C)OC(=O)N1CC[C@H]1COc1cncc(C#CCCCN(CC(=O)O)Cc2ccccn2)c1.[99Tc].[C-]#[O+].[C-]#[O+].[C-]#[O+]. The van der Waals surface area contributed by atoms with E-state index in [0.717, 1.165) is 24.1 Å². The van der Waals surface area contributed by atoms with Crippen molar-refractivity contribution in [3.63, 3.8) is 0 Å². The molecule has 1 amide bonds. The summed E-state index contributed by atoms with van der Waals surface area (Å²) in [5, 5.41) is 9.19. The number of amides is 1. The number of unbranched alkanes of at least 4 members (excludes halogenated alkanes) is 1. The third-order valence-electron chi connectivity index (χ3n) is 5.41. The molecular formula is C30H34N4O8Tc. The van der Waals surface area contributed by atoms with E-state index in [0.29, 0.717) is 38.4 Å². The minimum absolute atomic E-state index is 0. The summed E-state index contributed by atoms with van der Waals surface area (Å²) < 4.78 is 33.8. The van der Waals surface area contributed by atoms with Gasteiger partial charge < -0.3 is 19.5 Å². The Kier molecular flexibility index (Phi) is 22.9. The number of hydrogen-bond acceptors (Lipinski definition) is 7. The van der Waals surface area contributed by atoms with Crippen LogP contribution in [0, 0.1) is 31.8 Å². The van der Waals surface area contributed by atoms with Crippen molar-refractivity contribution < 1.29 is 58.2 Å². The Morgan fingerprint density at radius 3 is 2.42 bits per heavy atom. The Bertz CT molecular complexity index is 1210. The first-order valence-electron chi connectivity index (χ1n) is 12.7. The molecule has 1 aliphatic heterocycles. The van der Waals surface area contributed by atoms with Crippen molar-refractivity contribution in [3.05, 3.63) is 74.1 Å². The second-order valence-corrected chi connectivity index (χ2v) is 9.67. The third-order valence-corrected chi connectivity index (χ3v) is 5.41. The van der Waals surface area contributed by atoms with Crippen LogP contribution in [-0.4, -0.2) is 74.8 Å². The van der Waals surface area contributed by atoms with Crippen LogP contribution in [0.2, 0.25) is 0 Å². The number of carbonyl (C=O) groups excluding carboxylic acids is 1. The van der Waals surface area contributed by atoms with Crippen LogP contribution in [0.25, 0.3) is 0 Å². The number of pyridine rings is 2. The summed E-state index contributed by atoms with van der Waals surface area (Å²) in [5.74, 6) is 5.95. The summed E-state index contributed by atoms with van der Waals surface area (Å²) in [6.07, 6.45) is 6.91. The van der Waals surface area contributed by atoms with Gasteiger partial charge in [0.25, 0.3) is 0 Å². The van der Waals surface area contributed by atoms with Crippen LogP contribution >= 0.6 is 0 Å². The van der Waals surface area contributed by atoms with Gasteiger partial charge in [0, 0.05) is 64.1 Å². The summed E-state index contributed by atoms with van der Waals surface area (Å²) in [7, 11) is 0. The molecule has 1 N–H and O–H groups in total. The van der Waals surface area contributed by atoms with Crippen molar-refractivity contribution in [2.75, 3.05) is 26.2 Å². The van der Waals surface area contributed by atoms with Crippen LogP contribution in [0.3, 0.4) is 0 Å². The Morgan fingerprint density at radius 2 is 1.86 bits per heavy atom. The van der Waals surface area contributed by atoms with E-state index >= 15 is 0 Å². The molecule has 3 rings (SSSR count). The molecule has 2 aromatic rings. The molecule has 1 fully saturated rings. The summed E-state index contributed by atoms with van der Waals surface area (Å²) in [6, 6.07) is 7.42. The fraction of sp³-hybridized carbons (Fsp3) is 0.433. The number of hydrogen-bond donors (Lipinski definition) is 1. The predicted molar refractivity (Wildman–Crippen MR) is 146 cm³/mol. The molecule has 1 saturated heterocycles. The van der Waals surface area contributed by atoms with Crippen molar-refractivity contribution in [2.45, 2.75) is 58.2 Å². The van der Waals surface area contributed by atoms with E-state index in [1.807, 2.05) is 49.9 Å². The predicted octanol–water partition coefficient (Wildman–Crippen LogP) is 3.47. The zero-order chi connectivity index (χ0) is 32.0. The standard InChI is InChI=1S/C27H34N4O5.3CO.Tc/c1-27(2,3)36-26(34)31-14-11-23(31)20-35-24-15-21(16-28-17-24)9-5-4-8-13-30(19-25(32)33)18-22-10-6-7-12-29-22;3*1-2;/h6-7,10,12,15-17,23H,4,8,11,13-14,18-20H2,1-3H3,(H,32,33);;;;/t23-;;;;/m0..../s1/i;;;;1+1. The molecule has 1 atom stereocenters. The molecule has 2 aromatic heterocycles. The van der Waals surface area contributed by atoms with Crippen molar-refractivity contribution in [3.8, 4) is 17.6 Å². The topological polar surface area (TPSA) is 165 Å². The van der Waals surface area contributed by atoms with Crippen LogP contribution in [0.4, 0.5) is 4.79 Å². The normalized spacial score (nSPS) is 12.7. The van der Waals surface area contributed by atoms with Crippen LogP contribution in [0.1, 0.15) is 51.3 Å². The van der Waals surface area contributed by atoms with Gasteiger partial charge in [0.1, 0.15) is 18.0 Å². The van der Waals surface area contributed by atoms with Crippen LogP contribution in [0.5, 0.6) is 5.75 Å². The molecule has 43 heavy (non-hydrogen) atoms. The van der Waals surface area contributed by atoms with Crippen LogP contribution < -0.4 is 4.74 Å². The number of ether oxygens (including phenoxy) is 2. The second kappa shape index (κ2) is 23.8. The van der Waals surface area contributed by atoms with E-state index in [2.05, 4.69) is 41.8 Å². The molecule has 1 radical (unpaired) electrons. The molecular weight excluding hydrogens is 643 g/mol. The molecule has 13 heteroatoms. The number of carbonyl (C=O) groups is 2. The second-order valence-electron chi connectivity index (χ2n) is 9.67. The number of aliphatic carboxylic acids is 1. The average molecular weight is 678 g/mol. The summed E-state index contributed by atoms with van der Waals surface area (Å²) in [6.45, 7) is 21.1. The van der Waals surface area contributed by atoms with Gasteiger partial charge in [-0.1, -0.05) is 17.9 Å². The molecule has 0 aromatic carbocycles. The quantitative estimate of drug-likeness (QED) is 0.173. The van der Waals surface area contributed by atoms with E-state index in [-0.39, 0.29) is 38.8 Å². The Labute approximate surface area is 265 Å². The van der Waals surface area contributed by atoms with Crippen LogP contribution in [-0.2, 0) is 50.1 Å². The summed E-state index contributed by atoms with van der Waals surface area (Å²) in [4.78, 5) is 35.5. The van der Waals surface area contributed by atoms with Gasteiger partial charge >= 0.3 is 46.0 Å². The molecule has 0 unspecified atom stereocenters. The molecule has 12 nitrogen and oxygen atoms in total. The number of carboxylic acid groups (broad SMARTS) is 1. The monoisotopic (exact) mass is 677 g/mol. The molecule has 0 spiro atoms. The first kappa shape index (κ1) is 41.4. The van der Waals surface area contributed by atoms with Crippen molar-refractivity contribution in [1.29, 1.82) is 0 Å². The fourth-order valence-electron chi connectivity index (χ4n) is 3.62. The number of rotatable bonds is 10. The van der Waals surface area contributed by atoms with E-state index in [4.69, 9.17) is 23.4 Å². The molecule has 0 saturated carbocycles. The Morgan fingerprint density at radius 1 is 1.16 bits per heavy atom. The average Bonchev–Trinajstić information content (AvgIpc) is 2.95. The molecule has 1 aliphatic rings. The maximum absolute atomic E-state index is 12.3. The maximum atomic E-state index is 12.3. The number of nitrogens with zero attached hydrogens (tertiary/aromatic N) is 4. The van der Waals surface area contributed by atoms with E-state index < -0.39 is 11.6 Å². The van der Waals surface area contributed by atoms with Crippen molar-refractivity contribution in [2.24, 2.45) is 0 Å². The van der Waals surface area contributed by atoms with E-state index in [1.165, 1.54) is 0 Å². The Hall–Kier alpha value is -3.77. The first-order chi connectivity index (χ1) is 20.2. The Balaban J connectivity index is 0. The summed E-state index contributed by atoms with van der Waals surface area (Å²) >= 11 is 0. The van der Waals surface area contributed by atoms with E-state index in [1.54, 1.807) is 23.5 Å². The number of carboxylic acids is 1.